The highest BCUT2D eigenvalue weighted by atomic mass is 19.2. The topological polar surface area (TPSA) is 49.8 Å². The number of aromatic amines is 1. The van der Waals surface area contributed by atoms with E-state index >= 15 is 0 Å². The smallest absolute Gasteiger partial charge is 0.317 e. The molecule has 1 saturated heterocycles. The summed E-state index contributed by atoms with van der Waals surface area (Å²) in [5, 5.41) is 3.22. The number of nitrogens with one attached hydrogen (secondary N) is 2. The lowest BCUT2D eigenvalue weighted by atomic mass is 10.1. The largest absolute Gasteiger partial charge is 0.326 e. The summed E-state index contributed by atoms with van der Waals surface area (Å²) < 4.78 is 28.9. The van der Waals surface area contributed by atoms with Crippen molar-refractivity contribution < 1.29 is 8.78 Å². The van der Waals surface area contributed by atoms with Crippen LogP contribution >= 0.6 is 0 Å². The molecule has 4 nitrogen and oxygen atoms in total. The zero-order valence-corrected chi connectivity index (χ0v) is 10.6. The standard InChI is InChI=1S/C13H15F2N3O/c1-7-6-9-12(11(15)10(7)14)17-13(19)18(9)8-2-4-16-5-3-8/h6,8,16H,2-5H2,1H3,(H,17,19). The van der Waals surface area contributed by atoms with Gasteiger partial charge < -0.3 is 10.3 Å². The molecule has 2 N–H and O–H groups in total. The first kappa shape index (κ1) is 12.3. The second kappa shape index (κ2) is 4.45. The number of piperidine rings is 1. The fourth-order valence-electron chi connectivity index (χ4n) is 2.75. The van der Waals surface area contributed by atoms with Gasteiger partial charge in [0.25, 0.3) is 0 Å². The third-order valence-corrected chi connectivity index (χ3v) is 3.75. The van der Waals surface area contributed by atoms with Crippen LogP contribution in [0.15, 0.2) is 10.9 Å². The van der Waals surface area contributed by atoms with Crippen LogP contribution in [0.5, 0.6) is 0 Å². The molecule has 0 amide bonds. The average molecular weight is 267 g/mol. The van der Waals surface area contributed by atoms with Crippen LogP contribution in [0.3, 0.4) is 0 Å². The molecule has 1 aromatic carbocycles. The van der Waals surface area contributed by atoms with Gasteiger partial charge >= 0.3 is 5.69 Å². The molecule has 0 unspecified atom stereocenters. The van der Waals surface area contributed by atoms with Crippen molar-refractivity contribution in [1.82, 2.24) is 14.9 Å². The summed E-state index contributed by atoms with van der Waals surface area (Å²) in [6.07, 6.45) is 1.62. The monoisotopic (exact) mass is 267 g/mol. The molecule has 0 saturated carbocycles. The van der Waals surface area contributed by atoms with Crippen molar-refractivity contribution in [2.24, 2.45) is 0 Å². The van der Waals surface area contributed by atoms with Crippen LogP contribution in [-0.4, -0.2) is 22.6 Å². The minimum Gasteiger partial charge on any atom is -0.317 e. The van der Waals surface area contributed by atoms with Crippen molar-refractivity contribution in [3.8, 4) is 0 Å². The first-order valence-electron chi connectivity index (χ1n) is 6.39. The molecule has 2 aromatic rings. The second-order valence-corrected chi connectivity index (χ2v) is 5.00. The number of H-pyrrole nitrogens is 1. The van der Waals surface area contributed by atoms with Gasteiger partial charge in [0.2, 0.25) is 0 Å². The highest BCUT2D eigenvalue weighted by Crippen LogP contribution is 2.26. The molecule has 6 heteroatoms. The van der Waals surface area contributed by atoms with E-state index in [1.807, 2.05) is 0 Å². The quantitative estimate of drug-likeness (QED) is 0.828. The van der Waals surface area contributed by atoms with Gasteiger partial charge in [0.05, 0.1) is 5.52 Å². The van der Waals surface area contributed by atoms with Crippen molar-refractivity contribution >= 4 is 11.0 Å². The highest BCUT2D eigenvalue weighted by molar-refractivity contribution is 5.77. The lowest BCUT2D eigenvalue weighted by molar-refractivity contribution is 0.368. The number of hydrogen-bond acceptors (Lipinski definition) is 2. The number of imidazole rings is 1. The Morgan fingerprint density at radius 1 is 1.26 bits per heavy atom. The molecule has 0 aliphatic carbocycles. The number of fused-ring (bicyclic) bond motifs is 1. The normalized spacial score (nSPS) is 17.2. The second-order valence-electron chi connectivity index (χ2n) is 5.00. The van der Waals surface area contributed by atoms with Crippen LogP contribution in [-0.2, 0) is 0 Å². The van der Waals surface area contributed by atoms with E-state index < -0.39 is 11.6 Å². The van der Waals surface area contributed by atoms with Crippen LogP contribution < -0.4 is 11.0 Å². The molecule has 2 heterocycles. The molecule has 0 spiro atoms. The fourth-order valence-corrected chi connectivity index (χ4v) is 2.75. The van der Waals surface area contributed by atoms with Gasteiger partial charge in [-0.1, -0.05) is 0 Å². The molecule has 1 aromatic heterocycles. The summed E-state index contributed by atoms with van der Waals surface area (Å²) in [7, 11) is 0. The van der Waals surface area contributed by atoms with Crippen LogP contribution in [0.1, 0.15) is 24.4 Å². The van der Waals surface area contributed by atoms with Gasteiger partial charge in [0, 0.05) is 6.04 Å². The zero-order valence-electron chi connectivity index (χ0n) is 10.6. The van der Waals surface area contributed by atoms with Crippen LogP contribution in [0.2, 0.25) is 0 Å². The van der Waals surface area contributed by atoms with Crippen molar-refractivity contribution in [3.05, 3.63) is 33.7 Å². The Bertz CT molecular complexity index is 683. The van der Waals surface area contributed by atoms with Crippen molar-refractivity contribution in [1.29, 1.82) is 0 Å². The number of hydrogen-bond donors (Lipinski definition) is 2. The molecule has 1 fully saturated rings. The molecule has 19 heavy (non-hydrogen) atoms. The van der Waals surface area contributed by atoms with E-state index in [-0.39, 0.29) is 22.8 Å². The van der Waals surface area contributed by atoms with Crippen LogP contribution in [0.25, 0.3) is 11.0 Å². The summed E-state index contributed by atoms with van der Waals surface area (Å²) in [4.78, 5) is 14.4. The van der Waals surface area contributed by atoms with Gasteiger partial charge in [-0.3, -0.25) is 4.57 Å². The van der Waals surface area contributed by atoms with Gasteiger partial charge in [-0.2, -0.15) is 0 Å². The summed E-state index contributed by atoms with van der Waals surface area (Å²) in [5.74, 6) is -1.87. The Hall–Kier alpha value is -1.69. The van der Waals surface area contributed by atoms with E-state index in [1.165, 1.54) is 13.0 Å². The molecule has 3 rings (SSSR count). The first-order valence-corrected chi connectivity index (χ1v) is 6.39. The zero-order chi connectivity index (χ0) is 13.6. The van der Waals surface area contributed by atoms with Crippen LogP contribution in [0, 0.1) is 18.6 Å². The summed E-state index contributed by atoms with van der Waals surface area (Å²) >= 11 is 0. The maximum atomic E-state index is 13.8. The summed E-state index contributed by atoms with van der Waals surface area (Å²) in [6.45, 7) is 3.15. The van der Waals surface area contributed by atoms with E-state index in [1.54, 1.807) is 4.57 Å². The van der Waals surface area contributed by atoms with E-state index in [9.17, 15) is 13.6 Å². The SMILES string of the molecule is Cc1cc2c([nH]c(=O)n2C2CCNCC2)c(F)c1F. The lowest BCUT2D eigenvalue weighted by Crippen LogP contribution is -2.33. The highest BCUT2D eigenvalue weighted by Gasteiger charge is 2.22. The predicted octanol–water partition coefficient (Wildman–Crippen LogP) is 1.84. The molecule has 1 aliphatic heterocycles. The Morgan fingerprint density at radius 2 is 1.95 bits per heavy atom. The maximum absolute atomic E-state index is 13.8. The number of nitrogens with zero attached hydrogens (tertiary/aromatic N) is 1. The van der Waals surface area contributed by atoms with E-state index in [0.717, 1.165) is 25.9 Å². The molecular weight excluding hydrogens is 252 g/mol. The number of rotatable bonds is 1. The van der Waals surface area contributed by atoms with Crippen LogP contribution in [0.4, 0.5) is 8.78 Å². The van der Waals surface area contributed by atoms with Gasteiger partial charge in [0.15, 0.2) is 11.6 Å². The molecule has 1 aliphatic rings. The fraction of sp³-hybridized carbons (Fsp3) is 0.462. The van der Waals surface area contributed by atoms with E-state index in [4.69, 9.17) is 0 Å². The number of aromatic nitrogens is 2. The Labute approximate surface area is 108 Å². The van der Waals surface area contributed by atoms with Gasteiger partial charge in [-0.25, -0.2) is 13.6 Å². The van der Waals surface area contributed by atoms with Gasteiger partial charge in [-0.15, -0.1) is 0 Å². The first-order chi connectivity index (χ1) is 9.09. The van der Waals surface area contributed by atoms with Crippen molar-refractivity contribution in [3.63, 3.8) is 0 Å². The number of halogens is 2. The number of benzene rings is 1. The minimum absolute atomic E-state index is 0.0340. The molecule has 0 radical (unpaired) electrons. The van der Waals surface area contributed by atoms with Crippen molar-refractivity contribution in [2.45, 2.75) is 25.8 Å². The van der Waals surface area contributed by atoms with E-state index in [2.05, 4.69) is 10.3 Å². The summed E-state index contributed by atoms with van der Waals surface area (Å²) in [6, 6.07) is 1.57. The third kappa shape index (κ3) is 1.87. The number of aryl methyl sites for hydroxylation is 1. The molecule has 0 bridgehead atoms. The molecular formula is C13H15F2N3O. The van der Waals surface area contributed by atoms with Gasteiger partial charge in [0.1, 0.15) is 5.52 Å². The minimum atomic E-state index is -0.972. The Morgan fingerprint density at radius 3 is 2.63 bits per heavy atom. The average Bonchev–Trinajstić information content (AvgIpc) is 2.74. The Kier molecular flexibility index (Phi) is 2.89. The van der Waals surface area contributed by atoms with Gasteiger partial charge in [-0.05, 0) is 44.5 Å². The third-order valence-electron chi connectivity index (χ3n) is 3.75. The maximum Gasteiger partial charge on any atom is 0.326 e. The van der Waals surface area contributed by atoms with Crippen molar-refractivity contribution in [2.75, 3.05) is 13.1 Å². The van der Waals surface area contributed by atoms with E-state index in [0.29, 0.717) is 5.52 Å². The predicted molar refractivity (Wildman–Crippen MR) is 68.4 cm³/mol. The lowest BCUT2D eigenvalue weighted by Gasteiger charge is -2.23. The summed E-state index contributed by atoms with van der Waals surface area (Å²) in [5.41, 5.74) is 0.261. The molecule has 102 valence electrons. The molecule has 0 atom stereocenters. The Balaban J connectivity index is 2.24.